The van der Waals surface area contributed by atoms with Crippen LogP contribution in [0.2, 0.25) is 0 Å². The number of imide groups is 2. The van der Waals surface area contributed by atoms with E-state index in [9.17, 15) is 24.0 Å². The lowest BCUT2D eigenvalue weighted by Crippen LogP contribution is -2.86. The number of amides is 5. The topological polar surface area (TPSA) is 130 Å². The van der Waals surface area contributed by atoms with Crippen molar-refractivity contribution in [3.63, 3.8) is 0 Å². The van der Waals surface area contributed by atoms with Crippen LogP contribution in [0.5, 0.6) is 0 Å². The second-order valence-corrected chi connectivity index (χ2v) is 7.60. The van der Waals surface area contributed by atoms with Crippen LogP contribution in [0.25, 0.3) is 0 Å². The summed E-state index contributed by atoms with van der Waals surface area (Å²) in [5.74, 6) is -2.32. The predicted octanol–water partition coefficient (Wildman–Crippen LogP) is 0.167. The molecule has 158 valence electrons. The number of quaternary nitrogens is 1. The minimum absolute atomic E-state index is 0.0598. The van der Waals surface area contributed by atoms with Crippen LogP contribution in [-0.2, 0) is 16.1 Å². The fourth-order valence-corrected chi connectivity index (χ4v) is 4.10. The molecule has 3 N–H and O–H groups in total. The summed E-state index contributed by atoms with van der Waals surface area (Å²) in [6.07, 6.45) is 3.44. The molecule has 1 aromatic heterocycles. The summed E-state index contributed by atoms with van der Waals surface area (Å²) >= 11 is 0. The molecule has 0 spiro atoms. The summed E-state index contributed by atoms with van der Waals surface area (Å²) in [4.78, 5) is 67.6. The number of fused-ring (bicyclic) bond motifs is 1. The van der Waals surface area contributed by atoms with E-state index in [-0.39, 0.29) is 42.8 Å². The molecule has 0 saturated carbocycles. The highest BCUT2D eigenvalue weighted by Gasteiger charge is 2.54. The molecule has 5 amide bonds. The summed E-state index contributed by atoms with van der Waals surface area (Å²) in [6, 6.07) is 8.05. The van der Waals surface area contributed by atoms with Gasteiger partial charge in [0.05, 0.1) is 16.7 Å². The second kappa shape index (κ2) is 7.84. The third-order valence-corrected chi connectivity index (χ3v) is 5.89. The number of piperidine rings is 1. The van der Waals surface area contributed by atoms with Crippen molar-refractivity contribution < 1.29 is 29.3 Å². The normalized spacial score (nSPS) is 20.6. The number of rotatable bonds is 5. The molecule has 1 unspecified atom stereocenters. The summed E-state index contributed by atoms with van der Waals surface area (Å²) < 4.78 is 0. The third-order valence-electron chi connectivity index (χ3n) is 5.89. The molecule has 9 nitrogen and oxygen atoms in total. The Bertz CT molecular complexity index is 1110. The van der Waals surface area contributed by atoms with E-state index in [0.29, 0.717) is 11.1 Å². The minimum Gasteiger partial charge on any atom is -0.294 e. The molecule has 2 aliphatic heterocycles. The SMILES string of the molecule is CCC1(N2C(=O)c3ccc(C[NH2+]C(=O)c4ccncc4)cc3C2=O)CCC(=O)NC1=O. The molecule has 0 aliphatic carbocycles. The molecule has 0 radical (unpaired) electrons. The quantitative estimate of drug-likeness (QED) is 0.662. The molecule has 1 saturated heterocycles. The fraction of sp³-hybridized carbons (Fsp3) is 0.273. The lowest BCUT2D eigenvalue weighted by molar-refractivity contribution is -0.571. The first-order chi connectivity index (χ1) is 14.9. The van der Waals surface area contributed by atoms with Crippen LogP contribution in [0.1, 0.15) is 62.8 Å². The van der Waals surface area contributed by atoms with Gasteiger partial charge in [0.25, 0.3) is 17.7 Å². The number of nitrogens with zero attached hydrogens (tertiary/aromatic N) is 2. The Morgan fingerprint density at radius 1 is 1.10 bits per heavy atom. The Hall–Kier alpha value is -3.72. The zero-order valence-corrected chi connectivity index (χ0v) is 16.9. The first-order valence-electron chi connectivity index (χ1n) is 10.0. The fourth-order valence-electron chi connectivity index (χ4n) is 4.10. The number of benzene rings is 1. The van der Waals surface area contributed by atoms with Gasteiger partial charge in [-0.3, -0.25) is 39.7 Å². The number of pyridine rings is 1. The van der Waals surface area contributed by atoms with E-state index in [1.165, 1.54) is 17.7 Å². The first-order valence-corrected chi connectivity index (χ1v) is 10.0. The number of nitrogens with two attached hydrogens (primary N) is 1. The minimum atomic E-state index is -1.38. The smallest absolute Gasteiger partial charge is 0.294 e. The van der Waals surface area contributed by atoms with Gasteiger partial charge in [-0.2, -0.15) is 0 Å². The van der Waals surface area contributed by atoms with Crippen LogP contribution in [0.4, 0.5) is 0 Å². The molecule has 2 aromatic rings. The Morgan fingerprint density at radius 3 is 2.48 bits per heavy atom. The van der Waals surface area contributed by atoms with Gasteiger partial charge in [-0.25, -0.2) is 4.79 Å². The Morgan fingerprint density at radius 2 is 1.81 bits per heavy atom. The molecule has 3 heterocycles. The summed E-state index contributed by atoms with van der Waals surface area (Å²) in [7, 11) is 0. The molecular weight excluding hydrogens is 400 g/mol. The molecule has 4 rings (SSSR count). The van der Waals surface area contributed by atoms with Crippen LogP contribution in [0.3, 0.4) is 0 Å². The largest absolute Gasteiger partial charge is 0.343 e. The molecule has 0 bridgehead atoms. The molecule has 1 atom stereocenters. The van der Waals surface area contributed by atoms with Crippen LogP contribution < -0.4 is 10.6 Å². The van der Waals surface area contributed by atoms with Gasteiger partial charge in [0.1, 0.15) is 12.1 Å². The van der Waals surface area contributed by atoms with Gasteiger partial charge in [-0.1, -0.05) is 13.0 Å². The average molecular weight is 421 g/mol. The van der Waals surface area contributed by atoms with E-state index in [2.05, 4.69) is 10.3 Å². The van der Waals surface area contributed by atoms with Crippen LogP contribution in [0.15, 0.2) is 42.7 Å². The van der Waals surface area contributed by atoms with E-state index < -0.39 is 29.2 Å². The summed E-state index contributed by atoms with van der Waals surface area (Å²) in [5, 5.41) is 3.76. The number of hydrogen-bond donors (Lipinski definition) is 2. The molecular formula is C22H21N4O5+. The number of carbonyl (C=O) groups excluding carboxylic acids is 5. The lowest BCUT2D eigenvalue weighted by Gasteiger charge is -2.40. The van der Waals surface area contributed by atoms with E-state index in [0.717, 1.165) is 4.90 Å². The van der Waals surface area contributed by atoms with Crippen molar-refractivity contribution in [3.8, 4) is 0 Å². The van der Waals surface area contributed by atoms with E-state index in [1.807, 2.05) is 0 Å². The number of primary amides is 1. The number of nitrogens with one attached hydrogen (secondary N) is 1. The van der Waals surface area contributed by atoms with Crippen LogP contribution >= 0.6 is 0 Å². The van der Waals surface area contributed by atoms with Crippen molar-refractivity contribution in [1.82, 2.24) is 15.2 Å². The van der Waals surface area contributed by atoms with Gasteiger partial charge in [-0.05, 0) is 37.1 Å². The maximum atomic E-state index is 13.2. The molecule has 2 aliphatic rings. The van der Waals surface area contributed by atoms with Gasteiger partial charge < -0.3 is 0 Å². The zero-order chi connectivity index (χ0) is 22.2. The number of hydrogen-bond acceptors (Lipinski definition) is 6. The molecule has 31 heavy (non-hydrogen) atoms. The van der Waals surface area contributed by atoms with Crippen molar-refractivity contribution in [3.05, 3.63) is 65.0 Å². The molecule has 9 heteroatoms. The highest BCUT2D eigenvalue weighted by Crippen LogP contribution is 2.36. The highest BCUT2D eigenvalue weighted by molar-refractivity contribution is 6.24. The Labute approximate surface area is 177 Å². The molecule has 1 fully saturated rings. The Balaban J connectivity index is 1.57. The van der Waals surface area contributed by atoms with Gasteiger partial charge in [0, 0.05) is 24.4 Å². The average Bonchev–Trinajstić information content (AvgIpc) is 3.03. The maximum Gasteiger partial charge on any atom is 0.343 e. The lowest BCUT2D eigenvalue weighted by atomic mass is 9.84. The summed E-state index contributed by atoms with van der Waals surface area (Å²) in [5.41, 5.74) is 0.232. The van der Waals surface area contributed by atoms with Crippen molar-refractivity contribution in [1.29, 1.82) is 0 Å². The maximum absolute atomic E-state index is 13.2. The third kappa shape index (κ3) is 3.42. The Kier molecular flexibility index (Phi) is 5.20. The van der Waals surface area contributed by atoms with Gasteiger partial charge >= 0.3 is 5.91 Å². The highest BCUT2D eigenvalue weighted by atomic mass is 16.2. The summed E-state index contributed by atoms with van der Waals surface area (Å²) in [6.45, 7) is 1.99. The number of aromatic nitrogens is 1. The van der Waals surface area contributed by atoms with Crippen molar-refractivity contribution in [2.75, 3.05) is 0 Å². The monoisotopic (exact) mass is 421 g/mol. The van der Waals surface area contributed by atoms with Crippen LogP contribution in [-0.4, -0.2) is 45.0 Å². The van der Waals surface area contributed by atoms with Gasteiger partial charge in [-0.15, -0.1) is 0 Å². The van der Waals surface area contributed by atoms with Crippen LogP contribution in [0, 0.1) is 0 Å². The predicted molar refractivity (Wildman–Crippen MR) is 107 cm³/mol. The van der Waals surface area contributed by atoms with Gasteiger partial charge in [0.2, 0.25) is 5.91 Å². The first kappa shape index (κ1) is 20.5. The number of carbonyl (C=O) groups is 5. The second-order valence-electron chi connectivity index (χ2n) is 7.60. The van der Waals surface area contributed by atoms with Crippen molar-refractivity contribution in [2.24, 2.45) is 0 Å². The van der Waals surface area contributed by atoms with Gasteiger partial charge in [0.15, 0.2) is 0 Å². The standard InChI is InChI=1S/C22H20N4O5/c1-2-22(8-5-17(27)25-21(22)31)26-19(29)15-4-3-13(11-16(15)20(26)30)12-24-18(28)14-6-9-23-10-7-14/h3-4,6-7,9-11H,2,5,8,12H2,1H3,(H,24,28)(H,25,27,31)/p+1. The van der Waals surface area contributed by atoms with Crippen molar-refractivity contribution >= 4 is 29.5 Å². The van der Waals surface area contributed by atoms with E-state index >= 15 is 0 Å². The van der Waals surface area contributed by atoms with Crippen molar-refractivity contribution in [2.45, 2.75) is 38.3 Å². The molecule has 1 aromatic carbocycles. The zero-order valence-electron chi connectivity index (χ0n) is 16.9. The van der Waals surface area contributed by atoms with E-state index in [4.69, 9.17) is 0 Å². The van der Waals surface area contributed by atoms with E-state index in [1.54, 1.807) is 37.3 Å².